The Morgan fingerprint density at radius 3 is 2.62 bits per heavy atom. The summed E-state index contributed by atoms with van der Waals surface area (Å²) in [5, 5.41) is 3.34. The molecule has 3 rings (SSSR count). The molecule has 0 aliphatic rings. The zero-order valence-electron chi connectivity index (χ0n) is 12.8. The van der Waals surface area contributed by atoms with Crippen molar-refractivity contribution in [1.29, 1.82) is 0 Å². The Labute approximate surface area is 137 Å². The van der Waals surface area contributed by atoms with E-state index in [2.05, 4.69) is 15.0 Å². The van der Waals surface area contributed by atoms with Crippen molar-refractivity contribution < 1.29 is 14.3 Å². The van der Waals surface area contributed by atoms with Crippen LogP contribution >= 0.6 is 0 Å². The maximum Gasteiger partial charge on any atom is 0.337 e. The molecule has 0 saturated carbocycles. The number of amides is 1. The van der Waals surface area contributed by atoms with Gasteiger partial charge in [-0.2, -0.15) is 0 Å². The van der Waals surface area contributed by atoms with Gasteiger partial charge in [-0.25, -0.2) is 4.79 Å². The van der Waals surface area contributed by atoms with E-state index in [4.69, 9.17) is 0 Å². The minimum atomic E-state index is -0.493. The van der Waals surface area contributed by atoms with Crippen LogP contribution in [0.2, 0.25) is 0 Å². The largest absolute Gasteiger partial charge is 0.465 e. The van der Waals surface area contributed by atoms with E-state index in [0.29, 0.717) is 22.2 Å². The van der Waals surface area contributed by atoms with Gasteiger partial charge in [0.25, 0.3) is 5.91 Å². The summed E-state index contributed by atoms with van der Waals surface area (Å²) < 4.78 is 4.66. The number of ether oxygens (including phenoxy) is 1. The fourth-order valence-electron chi connectivity index (χ4n) is 2.43. The second-order valence-electron chi connectivity index (χ2n) is 5.12. The summed E-state index contributed by atoms with van der Waals surface area (Å²) in [6.07, 6.45) is 0. The van der Waals surface area contributed by atoms with Gasteiger partial charge in [-0.1, -0.05) is 24.3 Å². The normalized spacial score (nSPS) is 10.4. The number of carbonyl (C=O) groups is 2. The first-order chi connectivity index (χ1) is 11.6. The molecule has 0 radical (unpaired) electrons. The second-order valence-corrected chi connectivity index (χ2v) is 5.12. The van der Waals surface area contributed by atoms with Crippen LogP contribution < -0.4 is 10.9 Å². The zero-order chi connectivity index (χ0) is 17.1. The van der Waals surface area contributed by atoms with Crippen molar-refractivity contribution in [3.05, 3.63) is 76.1 Å². The molecule has 0 fully saturated rings. The predicted molar refractivity (Wildman–Crippen MR) is 90.3 cm³/mol. The number of pyridine rings is 1. The average molecular weight is 322 g/mol. The molecule has 0 aliphatic carbocycles. The molecule has 24 heavy (non-hydrogen) atoms. The van der Waals surface area contributed by atoms with Gasteiger partial charge in [0.15, 0.2) is 0 Å². The van der Waals surface area contributed by atoms with Gasteiger partial charge in [0.2, 0.25) is 5.56 Å². The van der Waals surface area contributed by atoms with Crippen molar-refractivity contribution in [2.24, 2.45) is 0 Å². The maximum absolute atomic E-state index is 12.6. The summed E-state index contributed by atoms with van der Waals surface area (Å²) in [7, 11) is 1.29. The number of anilines is 1. The van der Waals surface area contributed by atoms with Crippen LogP contribution in [0.5, 0.6) is 0 Å². The molecule has 1 heterocycles. The molecular formula is C18H14N2O4. The van der Waals surface area contributed by atoms with Crippen molar-refractivity contribution in [3.8, 4) is 0 Å². The Balaban J connectivity index is 1.96. The van der Waals surface area contributed by atoms with Gasteiger partial charge < -0.3 is 15.0 Å². The highest BCUT2D eigenvalue weighted by molar-refractivity contribution is 6.12. The van der Waals surface area contributed by atoms with Gasteiger partial charge in [-0.05, 0) is 24.3 Å². The molecule has 0 atom stereocenters. The molecule has 1 aromatic heterocycles. The van der Waals surface area contributed by atoms with Crippen LogP contribution in [-0.4, -0.2) is 24.0 Å². The SMILES string of the molecule is COC(=O)c1cccc(NC(=O)c2cc(=O)[nH]c3ccccc23)c1. The molecule has 0 bridgehead atoms. The van der Waals surface area contributed by atoms with Crippen LogP contribution in [-0.2, 0) is 4.74 Å². The molecular weight excluding hydrogens is 308 g/mol. The molecule has 0 unspecified atom stereocenters. The van der Waals surface area contributed by atoms with Gasteiger partial charge in [0.05, 0.1) is 18.2 Å². The molecule has 0 spiro atoms. The van der Waals surface area contributed by atoms with Crippen LogP contribution in [0.4, 0.5) is 5.69 Å². The Bertz CT molecular complexity index is 991. The lowest BCUT2D eigenvalue weighted by Crippen LogP contribution is -2.17. The topological polar surface area (TPSA) is 88.3 Å². The monoisotopic (exact) mass is 322 g/mol. The summed E-state index contributed by atoms with van der Waals surface area (Å²) in [5.41, 5.74) is 1.25. The summed E-state index contributed by atoms with van der Waals surface area (Å²) >= 11 is 0. The lowest BCUT2D eigenvalue weighted by atomic mass is 10.1. The highest BCUT2D eigenvalue weighted by atomic mass is 16.5. The minimum absolute atomic E-state index is 0.262. The molecule has 0 saturated heterocycles. The van der Waals surface area contributed by atoms with Crippen LogP contribution in [0, 0.1) is 0 Å². The second kappa shape index (κ2) is 6.37. The number of hydrogen-bond donors (Lipinski definition) is 2. The Morgan fingerprint density at radius 2 is 1.83 bits per heavy atom. The van der Waals surface area contributed by atoms with E-state index in [1.54, 1.807) is 42.5 Å². The number of para-hydroxylation sites is 1. The molecule has 1 amide bonds. The van der Waals surface area contributed by atoms with Crippen LogP contribution in [0.3, 0.4) is 0 Å². The molecule has 120 valence electrons. The van der Waals surface area contributed by atoms with Crippen molar-refractivity contribution in [1.82, 2.24) is 4.98 Å². The molecule has 6 nitrogen and oxygen atoms in total. The standard InChI is InChI=1S/C18H14N2O4/c1-24-18(23)11-5-4-6-12(9-11)19-17(22)14-10-16(21)20-15-8-3-2-7-13(14)15/h2-10H,1H3,(H,19,22)(H,20,21). The number of fused-ring (bicyclic) bond motifs is 1. The minimum Gasteiger partial charge on any atom is -0.465 e. The molecule has 3 aromatic rings. The number of carbonyl (C=O) groups excluding carboxylic acids is 2. The smallest absolute Gasteiger partial charge is 0.337 e. The average Bonchev–Trinajstić information content (AvgIpc) is 2.60. The van der Waals surface area contributed by atoms with Gasteiger partial charge in [-0.3, -0.25) is 9.59 Å². The third-order valence-corrected chi connectivity index (χ3v) is 3.54. The fraction of sp³-hybridized carbons (Fsp3) is 0.0556. The highest BCUT2D eigenvalue weighted by Gasteiger charge is 2.13. The van der Waals surface area contributed by atoms with Crippen molar-refractivity contribution >= 4 is 28.5 Å². The summed E-state index contributed by atoms with van der Waals surface area (Å²) in [5.74, 6) is -0.924. The summed E-state index contributed by atoms with van der Waals surface area (Å²) in [6, 6.07) is 14.7. The van der Waals surface area contributed by atoms with Crippen molar-refractivity contribution in [2.45, 2.75) is 0 Å². The van der Waals surface area contributed by atoms with Crippen LogP contribution in [0.1, 0.15) is 20.7 Å². The molecule has 2 N–H and O–H groups in total. The van der Waals surface area contributed by atoms with Gasteiger partial charge in [-0.15, -0.1) is 0 Å². The highest BCUT2D eigenvalue weighted by Crippen LogP contribution is 2.17. The van der Waals surface area contributed by atoms with Crippen molar-refractivity contribution in [2.75, 3.05) is 12.4 Å². The zero-order valence-corrected chi connectivity index (χ0v) is 12.8. The summed E-state index contributed by atoms with van der Waals surface area (Å²) in [6.45, 7) is 0. The van der Waals surface area contributed by atoms with E-state index >= 15 is 0 Å². The van der Waals surface area contributed by atoms with Crippen LogP contribution in [0.25, 0.3) is 10.9 Å². The maximum atomic E-state index is 12.6. The van der Waals surface area contributed by atoms with E-state index in [0.717, 1.165) is 0 Å². The first kappa shape index (κ1) is 15.5. The number of aromatic amines is 1. The third kappa shape index (κ3) is 3.03. The Hall–Kier alpha value is -3.41. The first-order valence-corrected chi connectivity index (χ1v) is 7.20. The van der Waals surface area contributed by atoms with Gasteiger partial charge in [0.1, 0.15) is 0 Å². The Kier molecular flexibility index (Phi) is 4.11. The lowest BCUT2D eigenvalue weighted by molar-refractivity contribution is 0.0600. The van der Waals surface area contributed by atoms with Gasteiger partial charge in [0, 0.05) is 22.7 Å². The number of rotatable bonds is 3. The third-order valence-electron chi connectivity index (χ3n) is 3.54. The predicted octanol–water partition coefficient (Wildman–Crippen LogP) is 2.57. The lowest BCUT2D eigenvalue weighted by Gasteiger charge is -2.09. The molecule has 2 aromatic carbocycles. The number of aromatic nitrogens is 1. The molecule has 6 heteroatoms. The number of nitrogens with one attached hydrogen (secondary N) is 2. The number of hydrogen-bond acceptors (Lipinski definition) is 4. The van der Waals surface area contributed by atoms with Gasteiger partial charge >= 0.3 is 5.97 Å². The Morgan fingerprint density at radius 1 is 1.04 bits per heavy atom. The van der Waals surface area contributed by atoms with E-state index in [-0.39, 0.29) is 11.1 Å². The van der Waals surface area contributed by atoms with E-state index < -0.39 is 11.9 Å². The quantitative estimate of drug-likeness (QED) is 0.725. The number of methoxy groups -OCH3 is 1. The number of esters is 1. The van der Waals surface area contributed by atoms with E-state index in [9.17, 15) is 14.4 Å². The van der Waals surface area contributed by atoms with Crippen LogP contribution in [0.15, 0.2) is 59.4 Å². The van der Waals surface area contributed by atoms with Crippen molar-refractivity contribution in [3.63, 3.8) is 0 Å². The molecule has 0 aliphatic heterocycles. The number of benzene rings is 2. The number of H-pyrrole nitrogens is 1. The summed E-state index contributed by atoms with van der Waals surface area (Å²) in [4.78, 5) is 38.5. The van der Waals surface area contributed by atoms with E-state index in [1.807, 2.05) is 0 Å². The van der Waals surface area contributed by atoms with E-state index in [1.165, 1.54) is 19.2 Å². The fourth-order valence-corrected chi connectivity index (χ4v) is 2.43. The first-order valence-electron chi connectivity index (χ1n) is 7.20.